The van der Waals surface area contributed by atoms with Crippen molar-refractivity contribution in [1.29, 1.82) is 0 Å². The average molecular weight is 432 g/mol. The summed E-state index contributed by atoms with van der Waals surface area (Å²) in [6, 6.07) is 13.5. The monoisotopic (exact) mass is 431 g/mol. The number of rotatable bonds is 7. The van der Waals surface area contributed by atoms with Crippen LogP contribution in [0.1, 0.15) is 24.2 Å². The van der Waals surface area contributed by atoms with Crippen molar-refractivity contribution in [2.24, 2.45) is 0 Å². The van der Waals surface area contributed by atoms with Crippen LogP contribution in [-0.2, 0) is 9.59 Å². The smallest absolute Gasteiger partial charge is 0.241 e. The van der Waals surface area contributed by atoms with Crippen molar-refractivity contribution in [3.8, 4) is 0 Å². The first-order valence-corrected chi connectivity index (χ1v) is 9.23. The number of para-hydroxylation sites is 1. The predicted molar refractivity (Wildman–Crippen MR) is 110 cm³/mol. The summed E-state index contributed by atoms with van der Waals surface area (Å²) >= 11 is 3.38. The first kappa shape index (κ1) is 20.8. The van der Waals surface area contributed by atoms with E-state index >= 15 is 0 Å². The molecule has 0 bridgehead atoms. The number of halogens is 1. The molecule has 2 N–H and O–H groups in total. The van der Waals surface area contributed by atoms with Crippen LogP contribution < -0.4 is 10.6 Å². The maximum atomic E-state index is 12.4. The Morgan fingerprint density at radius 2 is 1.67 bits per heavy atom. The fourth-order valence-electron chi connectivity index (χ4n) is 2.35. The second-order valence-corrected chi connectivity index (χ2v) is 7.10. The second-order valence-electron chi connectivity index (χ2n) is 6.24. The van der Waals surface area contributed by atoms with Crippen LogP contribution in [0.5, 0.6) is 0 Å². The lowest BCUT2D eigenvalue weighted by Gasteiger charge is -2.23. The Balaban J connectivity index is 1.90. The Hall–Kier alpha value is -2.51. The molecule has 0 spiro atoms. The van der Waals surface area contributed by atoms with Crippen LogP contribution in [0.2, 0.25) is 0 Å². The number of anilines is 2. The minimum Gasteiger partial charge on any atom is -0.325 e. The van der Waals surface area contributed by atoms with E-state index in [1.165, 1.54) is 6.92 Å². The lowest BCUT2D eigenvalue weighted by Crippen LogP contribution is -2.43. The van der Waals surface area contributed by atoms with Crippen LogP contribution >= 0.6 is 15.9 Å². The molecule has 0 aliphatic heterocycles. The van der Waals surface area contributed by atoms with Gasteiger partial charge in [-0.1, -0.05) is 12.1 Å². The lowest BCUT2D eigenvalue weighted by atomic mass is 10.1. The summed E-state index contributed by atoms with van der Waals surface area (Å²) in [6.45, 7) is 3.29. The molecule has 2 aromatic rings. The SMILES string of the molecule is CC(=O)c1ccc(NC(=O)[C@@H](C)N(C)CC(=O)Nc2ccccc2Br)cc1. The van der Waals surface area contributed by atoms with E-state index in [2.05, 4.69) is 26.6 Å². The molecular formula is C20H22BrN3O3. The third kappa shape index (κ3) is 6.01. The molecule has 1 atom stereocenters. The summed E-state index contributed by atoms with van der Waals surface area (Å²) in [6.07, 6.45) is 0. The molecule has 0 saturated carbocycles. The summed E-state index contributed by atoms with van der Waals surface area (Å²) < 4.78 is 0.792. The molecule has 0 unspecified atom stereocenters. The summed E-state index contributed by atoms with van der Waals surface area (Å²) in [7, 11) is 1.71. The van der Waals surface area contributed by atoms with E-state index < -0.39 is 6.04 Å². The van der Waals surface area contributed by atoms with Crippen molar-refractivity contribution in [3.63, 3.8) is 0 Å². The molecule has 0 radical (unpaired) electrons. The fourth-order valence-corrected chi connectivity index (χ4v) is 2.73. The molecule has 6 nitrogen and oxygen atoms in total. The van der Waals surface area contributed by atoms with Crippen LogP contribution in [0, 0.1) is 0 Å². The van der Waals surface area contributed by atoms with Gasteiger partial charge in [0, 0.05) is 15.7 Å². The standard InChI is InChI=1S/C20H22BrN3O3/c1-13(20(27)22-16-10-8-15(9-11-16)14(2)25)24(3)12-19(26)23-18-7-5-4-6-17(18)21/h4-11,13H,12H2,1-3H3,(H,22,27)(H,23,26)/t13-/m1/s1. The summed E-state index contributed by atoms with van der Waals surface area (Å²) in [4.78, 5) is 37.6. The van der Waals surface area contributed by atoms with Crippen LogP contribution in [0.15, 0.2) is 53.0 Å². The number of ketones is 1. The van der Waals surface area contributed by atoms with Crippen molar-refractivity contribution >= 4 is 44.9 Å². The number of nitrogens with one attached hydrogen (secondary N) is 2. The van der Waals surface area contributed by atoms with E-state index in [1.807, 2.05) is 18.2 Å². The third-order valence-corrected chi connectivity index (χ3v) is 4.83. The van der Waals surface area contributed by atoms with Gasteiger partial charge in [0.2, 0.25) is 11.8 Å². The minimum atomic E-state index is -0.512. The van der Waals surface area contributed by atoms with E-state index in [1.54, 1.807) is 49.2 Å². The highest BCUT2D eigenvalue weighted by atomic mass is 79.9. The highest BCUT2D eigenvalue weighted by Gasteiger charge is 2.20. The van der Waals surface area contributed by atoms with E-state index in [-0.39, 0.29) is 24.1 Å². The largest absolute Gasteiger partial charge is 0.325 e. The third-order valence-electron chi connectivity index (χ3n) is 4.14. The van der Waals surface area contributed by atoms with E-state index in [0.29, 0.717) is 16.9 Å². The molecule has 27 heavy (non-hydrogen) atoms. The van der Waals surface area contributed by atoms with Crippen molar-refractivity contribution < 1.29 is 14.4 Å². The zero-order valence-electron chi connectivity index (χ0n) is 15.5. The van der Waals surface area contributed by atoms with Gasteiger partial charge in [-0.05, 0) is 73.2 Å². The second kappa shape index (κ2) is 9.43. The number of carbonyl (C=O) groups is 3. The number of hydrogen-bond acceptors (Lipinski definition) is 4. The van der Waals surface area contributed by atoms with Gasteiger partial charge >= 0.3 is 0 Å². The zero-order valence-corrected chi connectivity index (χ0v) is 17.0. The zero-order chi connectivity index (χ0) is 20.0. The maximum Gasteiger partial charge on any atom is 0.241 e. The van der Waals surface area contributed by atoms with Crippen molar-refractivity contribution in [2.45, 2.75) is 19.9 Å². The molecule has 0 saturated heterocycles. The van der Waals surface area contributed by atoms with Gasteiger partial charge in [-0.3, -0.25) is 19.3 Å². The number of likely N-dealkylation sites (N-methyl/N-ethyl adjacent to an activating group) is 1. The van der Waals surface area contributed by atoms with Crippen molar-refractivity contribution in [1.82, 2.24) is 4.90 Å². The van der Waals surface area contributed by atoms with Crippen LogP contribution in [0.4, 0.5) is 11.4 Å². The number of benzene rings is 2. The topological polar surface area (TPSA) is 78.5 Å². The summed E-state index contributed by atoms with van der Waals surface area (Å²) in [5.41, 5.74) is 1.86. The molecule has 7 heteroatoms. The van der Waals surface area contributed by atoms with Gasteiger partial charge in [0.1, 0.15) is 0 Å². The molecule has 0 fully saturated rings. The molecule has 0 aliphatic rings. The van der Waals surface area contributed by atoms with Crippen LogP contribution in [-0.4, -0.2) is 42.1 Å². The van der Waals surface area contributed by atoms with Gasteiger partial charge in [0.15, 0.2) is 5.78 Å². The first-order valence-electron chi connectivity index (χ1n) is 8.44. The molecule has 0 aliphatic carbocycles. The first-order chi connectivity index (χ1) is 12.8. The van der Waals surface area contributed by atoms with Crippen molar-refractivity contribution in [3.05, 3.63) is 58.6 Å². The number of nitrogens with zero attached hydrogens (tertiary/aromatic N) is 1. The quantitative estimate of drug-likeness (QED) is 0.656. The lowest BCUT2D eigenvalue weighted by molar-refractivity contribution is -0.122. The molecular weight excluding hydrogens is 410 g/mol. The number of hydrogen-bond donors (Lipinski definition) is 2. The molecule has 2 amide bonds. The molecule has 142 valence electrons. The molecule has 0 aromatic heterocycles. The summed E-state index contributed by atoms with van der Waals surface area (Å²) in [5.74, 6) is -0.478. The predicted octanol–water partition coefficient (Wildman–Crippen LogP) is 3.55. The van der Waals surface area contributed by atoms with Crippen molar-refractivity contribution in [2.75, 3.05) is 24.2 Å². The van der Waals surface area contributed by atoms with Crippen LogP contribution in [0.3, 0.4) is 0 Å². The Morgan fingerprint density at radius 1 is 1.04 bits per heavy atom. The fraction of sp³-hybridized carbons (Fsp3) is 0.250. The number of amides is 2. The number of carbonyl (C=O) groups excluding carboxylic acids is 3. The van der Waals surface area contributed by atoms with Gasteiger partial charge in [-0.15, -0.1) is 0 Å². The van der Waals surface area contributed by atoms with E-state index in [0.717, 1.165) is 4.47 Å². The van der Waals surface area contributed by atoms with Gasteiger partial charge in [0.05, 0.1) is 18.3 Å². The van der Waals surface area contributed by atoms with Gasteiger partial charge in [0.25, 0.3) is 0 Å². The van der Waals surface area contributed by atoms with Crippen LogP contribution in [0.25, 0.3) is 0 Å². The van der Waals surface area contributed by atoms with E-state index in [9.17, 15) is 14.4 Å². The highest BCUT2D eigenvalue weighted by Crippen LogP contribution is 2.21. The number of Topliss-reactive ketones (excluding diaryl/α,β-unsaturated/α-hetero) is 1. The Bertz CT molecular complexity index is 837. The normalized spacial score (nSPS) is 11.7. The Labute approximate surface area is 167 Å². The molecule has 2 aromatic carbocycles. The Kier molecular flexibility index (Phi) is 7.27. The minimum absolute atomic E-state index is 0.0305. The summed E-state index contributed by atoms with van der Waals surface area (Å²) in [5, 5.41) is 5.60. The van der Waals surface area contributed by atoms with Gasteiger partial charge in [-0.25, -0.2) is 0 Å². The Morgan fingerprint density at radius 3 is 2.26 bits per heavy atom. The highest BCUT2D eigenvalue weighted by molar-refractivity contribution is 9.10. The maximum absolute atomic E-state index is 12.4. The molecule has 0 heterocycles. The van der Waals surface area contributed by atoms with Gasteiger partial charge in [-0.2, -0.15) is 0 Å². The average Bonchev–Trinajstić information content (AvgIpc) is 2.63. The molecule has 2 rings (SSSR count). The van der Waals surface area contributed by atoms with Gasteiger partial charge < -0.3 is 10.6 Å². The van der Waals surface area contributed by atoms with E-state index in [4.69, 9.17) is 0 Å².